The Morgan fingerprint density at radius 3 is 1.87 bits per heavy atom. The molecule has 2 aliphatic heterocycles. The highest BCUT2D eigenvalue weighted by molar-refractivity contribution is 6.01. The number of hydrogen-bond acceptors (Lipinski definition) is 29. The first-order chi connectivity index (χ1) is 71.6. The number of carboxylic acids is 2. The number of imidazole rings is 1. The minimum Gasteiger partial charge on any atom is -0.480 e. The predicted octanol–water partition coefficient (Wildman–Crippen LogP) is -4.53. The van der Waals surface area contributed by atoms with Crippen molar-refractivity contribution in [1.29, 1.82) is 5.41 Å². The van der Waals surface area contributed by atoms with Gasteiger partial charge in [0, 0.05) is 89.6 Å². The Bertz CT molecular complexity index is 4970. The number of amides is 17. The van der Waals surface area contributed by atoms with Crippen LogP contribution >= 0.6 is 0 Å². The molecule has 2 aromatic heterocycles. The van der Waals surface area contributed by atoms with Crippen LogP contribution in [-0.2, 0) is 126 Å². The number of rotatable bonds is 63. The number of carbonyl (C=O) groups excluding carboxylic acids is 17. The fourth-order valence-electron chi connectivity index (χ4n) is 17.3. The van der Waals surface area contributed by atoms with E-state index in [0.717, 1.165) is 60.4 Å². The number of fused-ring (bicyclic) bond motifs is 2. The smallest absolute Gasteiger partial charge is 0.317 e. The first-order valence-corrected chi connectivity index (χ1v) is 51.0. The highest BCUT2D eigenvalue weighted by Crippen LogP contribution is 2.36. The van der Waals surface area contributed by atoms with E-state index in [1.165, 1.54) is 63.9 Å². The maximum atomic E-state index is 15.6. The molecule has 4 heterocycles. The third kappa shape index (κ3) is 47.2. The SMILES string of the molecule is CCCC[C@H](NC(=O)[C@H](CNC(=O)CN(CC(=O)O)CC(=O)O)NC(=O)[C@H](Cc1cnc[nH]1)NC(=O)[C@H](CCC(N)=O)NC(=O)[C@H](CO)NC(=O)CNC(=O)COCCOCCNC(=O)CCCCCCCCCCCCCCCc1nnn[nH]1)C(=O)N[C@H]1CCC(=O)NCCCC[C@@H](C(N)=O)NC(=O)[C@@H](CC2CCc3ccccc32)NC(=O)[C@H](CCCNC(=N)N)NC(=O)[C@@H](Cc2ccccc2)NC(=O)[C@@H]2C[C@@H](O)CN2C1=O. The maximum absolute atomic E-state index is 15.6. The summed E-state index contributed by atoms with van der Waals surface area (Å²) in [5.41, 5.74) is 19.6. The summed E-state index contributed by atoms with van der Waals surface area (Å²) in [6, 6.07) is -2.70. The molecule has 0 spiro atoms. The first kappa shape index (κ1) is 122. The zero-order valence-electron chi connectivity index (χ0n) is 84.4. The Balaban J connectivity index is 1.03. The van der Waals surface area contributed by atoms with Crippen LogP contribution in [0.3, 0.4) is 0 Å². The van der Waals surface area contributed by atoms with E-state index in [0.29, 0.717) is 36.1 Å². The number of aliphatic hydroxyl groups excluding tert-OH is 2. The topological polar surface area (TPSA) is 796 Å². The molecule has 0 bridgehead atoms. The second-order valence-electron chi connectivity index (χ2n) is 37.3. The Labute approximate surface area is 862 Å². The molecular formula is C97H149N27O25. The van der Waals surface area contributed by atoms with Gasteiger partial charge >= 0.3 is 11.9 Å². The predicted molar refractivity (Wildman–Crippen MR) is 534 cm³/mol. The minimum absolute atomic E-state index is 0.0320. The van der Waals surface area contributed by atoms with Gasteiger partial charge in [0.25, 0.3) is 0 Å². The number of carbonyl (C=O) groups is 19. The van der Waals surface area contributed by atoms with Gasteiger partial charge in [0.2, 0.25) is 100 Å². The summed E-state index contributed by atoms with van der Waals surface area (Å²) in [4.78, 5) is 273. The largest absolute Gasteiger partial charge is 0.480 e. The number of nitrogens with zero attached hydrogens (tertiary/aromatic N) is 6. The van der Waals surface area contributed by atoms with E-state index in [9.17, 15) is 82.8 Å². The summed E-state index contributed by atoms with van der Waals surface area (Å²) in [6.07, 6.45) is 14.9. The summed E-state index contributed by atoms with van der Waals surface area (Å²) in [7, 11) is 0. The summed E-state index contributed by atoms with van der Waals surface area (Å²) in [5, 5.41) is 101. The number of aliphatic hydroxyl groups is 2. The van der Waals surface area contributed by atoms with Crippen molar-refractivity contribution < 1.29 is 121 Å². The van der Waals surface area contributed by atoms with Gasteiger partial charge in [-0.25, -0.2) is 10.1 Å². The minimum atomic E-state index is -2.08. The molecule has 3 aliphatic rings. The van der Waals surface area contributed by atoms with Gasteiger partial charge in [0.05, 0.1) is 65.0 Å². The molecule has 17 amide bonds. The average Bonchev–Trinajstić information content (AvgIpc) is 1.69. The molecule has 1 aliphatic carbocycles. The van der Waals surface area contributed by atoms with Gasteiger partial charge in [-0.2, -0.15) is 0 Å². The molecule has 2 saturated heterocycles. The van der Waals surface area contributed by atoms with Crippen LogP contribution in [0.15, 0.2) is 67.1 Å². The van der Waals surface area contributed by atoms with Crippen LogP contribution in [0.25, 0.3) is 0 Å². The highest BCUT2D eigenvalue weighted by Gasteiger charge is 2.45. The van der Waals surface area contributed by atoms with Crippen molar-refractivity contribution in [2.45, 2.75) is 297 Å². The van der Waals surface area contributed by atoms with Crippen molar-refractivity contribution in [3.05, 3.63) is 95.3 Å². The van der Waals surface area contributed by atoms with Crippen molar-refractivity contribution in [3.8, 4) is 0 Å². The van der Waals surface area contributed by atoms with Crippen LogP contribution < -0.4 is 97.0 Å². The van der Waals surface area contributed by atoms with Gasteiger partial charge in [-0.1, -0.05) is 145 Å². The molecule has 28 N–H and O–H groups in total. The highest BCUT2D eigenvalue weighted by atomic mass is 16.5. The lowest BCUT2D eigenvalue weighted by Gasteiger charge is -2.31. The summed E-state index contributed by atoms with van der Waals surface area (Å²) in [6.45, 7) is -4.80. The molecular weight excluding hydrogens is 1940 g/mol. The second-order valence-corrected chi connectivity index (χ2v) is 37.3. The molecule has 7 rings (SSSR count). The number of unbranched alkanes of at least 4 members (excludes halogenated alkanes) is 13. The molecule has 2 aromatic carbocycles. The third-order valence-corrected chi connectivity index (χ3v) is 25.3. The summed E-state index contributed by atoms with van der Waals surface area (Å²) < 4.78 is 10.9. The van der Waals surface area contributed by atoms with Crippen LogP contribution in [0.2, 0.25) is 0 Å². The Kier molecular flexibility index (Phi) is 55.2. The maximum Gasteiger partial charge on any atom is 0.317 e. The molecule has 2 fully saturated rings. The fourth-order valence-corrected chi connectivity index (χ4v) is 17.3. The zero-order chi connectivity index (χ0) is 108. The van der Waals surface area contributed by atoms with E-state index in [4.69, 9.17) is 32.1 Å². The van der Waals surface area contributed by atoms with E-state index in [2.05, 4.69) is 110 Å². The number of ether oxygens (including phenoxy) is 2. The number of aromatic amines is 2. The molecule has 52 heteroatoms. The number of aryl methyl sites for hydroxylation is 2. The van der Waals surface area contributed by atoms with Crippen molar-refractivity contribution in [1.82, 2.24) is 120 Å². The van der Waals surface area contributed by atoms with Gasteiger partial charge < -0.3 is 137 Å². The van der Waals surface area contributed by atoms with Gasteiger partial charge in [-0.3, -0.25) is 101 Å². The molecule has 1 unspecified atom stereocenters. The standard InChI is InChI=1S/C97H149N27O25/c1-2-3-29-67(87(138)114-70-37-39-80(129)103-40-23-22-30-66(86(99)137)110-91(142)72(47-62-35-34-61-27-20-21-28-65(61)62)115-88(139)68(31-24-41-105-97(100)101)111-90(141)71(46-60-25-16-15-17-26-60)117-95(146)76-49-64(126)53-124(76)96(70)147)112-93(144)74(51-106-82(131)54-123(55-84(133)134)56-85(135)136)118-92(143)73(48-63-50-102-59-108-63)116-89(140)69(36-38-77(98)127)113-94(145)75(57-125)109-81(130)52-107-83(132)58-149-45-44-148-43-42-104-79(128)33-19-14-12-10-8-6-4-5-7-9-11-13-18-32-78-119-121-122-120-78/h15-17,20-21,25-28,50,59,62,64,66-76,125-126H,2-14,18-19,22-24,29-49,51-58H2,1H3,(H2,98,127)(H2,99,137)(H,102,108)(H,103,129)(H,104,128)(H,106,131)(H,107,132)(H,109,130)(H,110,142)(H,111,141)(H,112,144)(H,113,145)(H,114,138)(H,115,139)(H,116,140)(H,117,146)(H,118,143)(H,133,134)(H,135,136)(H4,100,101,105)(H,119,120,121,122)/t62?,64-,66+,67+,68+,69+,70+,71-,72-,73+,74+,75+,76+/m1/s1. The van der Waals surface area contributed by atoms with Crippen LogP contribution in [-0.4, -0.2) is 344 Å². The van der Waals surface area contributed by atoms with E-state index in [1.54, 1.807) is 37.3 Å². The lowest BCUT2D eigenvalue weighted by atomic mass is 9.92. The van der Waals surface area contributed by atoms with E-state index in [-0.39, 0.29) is 115 Å². The van der Waals surface area contributed by atoms with Crippen molar-refractivity contribution >= 4 is 118 Å². The normalized spacial score (nSPS) is 18.9. The number of hydrogen-bond donors (Lipinski definition) is 25. The quantitative estimate of drug-likeness (QED) is 0.0112. The van der Waals surface area contributed by atoms with Crippen LogP contribution in [0, 0.1) is 5.41 Å². The van der Waals surface area contributed by atoms with Gasteiger partial charge in [0.15, 0.2) is 5.96 Å². The average molecular weight is 2090 g/mol. The summed E-state index contributed by atoms with van der Waals surface area (Å²) >= 11 is 0. The van der Waals surface area contributed by atoms with Gasteiger partial charge in [-0.05, 0) is 117 Å². The number of H-pyrrole nitrogens is 2. The number of aromatic nitrogens is 6. The molecule has 822 valence electrons. The van der Waals surface area contributed by atoms with Gasteiger partial charge in [-0.15, -0.1) is 5.10 Å². The molecule has 4 aromatic rings. The number of nitrogens with one attached hydrogen (secondary N) is 18. The number of carboxylic acid groups (broad SMARTS) is 2. The third-order valence-electron chi connectivity index (χ3n) is 25.3. The van der Waals surface area contributed by atoms with Crippen LogP contribution in [0.1, 0.15) is 227 Å². The monoisotopic (exact) mass is 2090 g/mol. The lowest BCUT2D eigenvalue weighted by Crippen LogP contribution is -2.62. The van der Waals surface area contributed by atoms with E-state index >= 15 is 28.8 Å². The van der Waals surface area contributed by atoms with Crippen molar-refractivity contribution in [2.75, 3.05) is 91.9 Å². The first-order valence-electron chi connectivity index (χ1n) is 51.0. The molecule has 13 atom stereocenters. The Morgan fingerprint density at radius 2 is 1.21 bits per heavy atom. The molecule has 52 nitrogen and oxygen atoms in total. The molecule has 149 heavy (non-hydrogen) atoms. The van der Waals surface area contributed by atoms with Gasteiger partial charge in [0.1, 0.15) is 78.9 Å². The van der Waals surface area contributed by atoms with Crippen molar-refractivity contribution in [3.63, 3.8) is 0 Å². The Morgan fingerprint density at radius 1 is 0.584 bits per heavy atom. The zero-order valence-corrected chi connectivity index (χ0v) is 84.4. The Hall–Kier alpha value is -14.3. The fraction of sp³-hybridized carbons (Fsp3) is 0.629. The van der Waals surface area contributed by atoms with Crippen LogP contribution in [0.4, 0.5) is 0 Å². The molecule has 0 radical (unpaired) electrons. The number of nitrogens with two attached hydrogens (primary N) is 3. The van der Waals surface area contributed by atoms with Crippen LogP contribution in [0.5, 0.6) is 0 Å². The van der Waals surface area contributed by atoms with Crippen molar-refractivity contribution in [2.24, 2.45) is 17.2 Å². The number of benzene rings is 2. The summed E-state index contributed by atoms with van der Waals surface area (Å²) in [5.74, 6) is -19.5. The number of aliphatic carboxylic acids is 2. The lowest BCUT2D eigenvalue weighted by molar-refractivity contribution is -0.143. The number of guanidine groups is 1. The van der Waals surface area contributed by atoms with E-state index in [1.807, 2.05) is 24.3 Å². The number of tetrazole rings is 1. The second kappa shape index (κ2) is 67.6. The number of primary amides is 2. The molecule has 0 saturated carbocycles. The van der Waals surface area contributed by atoms with E-state index < -0.39 is 276 Å².